The van der Waals surface area contributed by atoms with E-state index in [2.05, 4.69) is 48.4 Å². The van der Waals surface area contributed by atoms with Gasteiger partial charge in [0, 0.05) is 48.9 Å². The average Bonchev–Trinajstić information content (AvgIpc) is 3.61. The van der Waals surface area contributed by atoms with Crippen LogP contribution in [0.15, 0.2) is 36.8 Å². The minimum atomic E-state index is 0.0323. The monoisotopic (exact) mass is 412 g/mol. The molecule has 1 saturated carbocycles. The number of hydrogen-bond acceptors (Lipinski definition) is 6. The number of hydrogen-bond donors (Lipinski definition) is 2. The Balaban J connectivity index is 1.42. The van der Waals surface area contributed by atoms with Crippen LogP contribution in [0.25, 0.3) is 10.8 Å². The van der Waals surface area contributed by atoms with E-state index in [-0.39, 0.29) is 11.8 Å². The first-order valence-corrected chi connectivity index (χ1v) is 10.7. The standard InChI is InChI=1S/C24H24N6O/c1-25-23-21-14-27-22(29-24(31)17-4-5-17)11-20(21)18(13-28-23)6-8-19-7-3-16(12-26-19)15-30-9-2-10-30/h3,7,11-14,17H,2,4-5,9-10,15H2,1H3,(H,25,28)(H,27,29,31). The number of pyridine rings is 3. The molecule has 1 aliphatic carbocycles. The fourth-order valence-electron chi connectivity index (χ4n) is 3.60. The van der Waals surface area contributed by atoms with Crippen molar-refractivity contribution in [2.45, 2.75) is 25.8 Å². The number of likely N-dealkylation sites (tertiary alicyclic amines) is 1. The third-order valence-electron chi connectivity index (χ3n) is 5.71. The minimum absolute atomic E-state index is 0.0323. The van der Waals surface area contributed by atoms with Crippen molar-refractivity contribution in [2.75, 3.05) is 30.8 Å². The van der Waals surface area contributed by atoms with Gasteiger partial charge < -0.3 is 10.6 Å². The molecule has 0 atom stereocenters. The van der Waals surface area contributed by atoms with Gasteiger partial charge in [0.05, 0.1) is 5.56 Å². The van der Waals surface area contributed by atoms with E-state index in [0.717, 1.165) is 47.2 Å². The summed E-state index contributed by atoms with van der Waals surface area (Å²) in [7, 11) is 1.82. The Bertz CT molecular complexity index is 1190. The maximum absolute atomic E-state index is 12.1. The summed E-state index contributed by atoms with van der Waals surface area (Å²) < 4.78 is 0. The molecular formula is C24H24N6O. The van der Waals surface area contributed by atoms with E-state index in [0.29, 0.717) is 5.82 Å². The molecule has 1 amide bonds. The van der Waals surface area contributed by atoms with Crippen LogP contribution in [0.4, 0.5) is 11.6 Å². The molecule has 31 heavy (non-hydrogen) atoms. The molecule has 3 aromatic rings. The fraction of sp³-hybridized carbons (Fsp3) is 0.333. The van der Waals surface area contributed by atoms with Gasteiger partial charge in [-0.05, 0) is 56.0 Å². The van der Waals surface area contributed by atoms with E-state index >= 15 is 0 Å². The molecule has 7 nitrogen and oxygen atoms in total. The van der Waals surface area contributed by atoms with Crippen LogP contribution in [0, 0.1) is 17.8 Å². The molecule has 0 bridgehead atoms. The molecule has 0 radical (unpaired) electrons. The topological polar surface area (TPSA) is 83.0 Å². The van der Waals surface area contributed by atoms with Gasteiger partial charge in [-0.3, -0.25) is 9.69 Å². The minimum Gasteiger partial charge on any atom is -0.373 e. The summed E-state index contributed by atoms with van der Waals surface area (Å²) in [6.07, 6.45) is 8.56. The molecule has 2 aliphatic rings. The third kappa shape index (κ3) is 4.35. The Hall–Kier alpha value is -3.50. The highest BCUT2D eigenvalue weighted by molar-refractivity contribution is 5.99. The largest absolute Gasteiger partial charge is 0.373 e. The summed E-state index contributed by atoms with van der Waals surface area (Å²) in [4.78, 5) is 27.9. The number of carbonyl (C=O) groups is 1. The Morgan fingerprint density at radius 1 is 1.10 bits per heavy atom. The zero-order chi connectivity index (χ0) is 21.2. The molecule has 4 heterocycles. The van der Waals surface area contributed by atoms with E-state index in [4.69, 9.17) is 0 Å². The predicted molar refractivity (Wildman–Crippen MR) is 121 cm³/mol. The number of fused-ring (bicyclic) bond motifs is 1. The molecule has 1 saturated heterocycles. The van der Waals surface area contributed by atoms with Crippen molar-refractivity contribution in [2.24, 2.45) is 5.92 Å². The summed E-state index contributed by atoms with van der Waals surface area (Å²) >= 11 is 0. The quantitative estimate of drug-likeness (QED) is 0.627. The molecule has 2 N–H and O–H groups in total. The Morgan fingerprint density at radius 2 is 1.97 bits per heavy atom. The number of nitrogens with zero attached hydrogens (tertiary/aromatic N) is 4. The lowest BCUT2D eigenvalue weighted by molar-refractivity contribution is -0.117. The number of amides is 1. The smallest absolute Gasteiger partial charge is 0.228 e. The highest BCUT2D eigenvalue weighted by Crippen LogP contribution is 2.31. The highest BCUT2D eigenvalue weighted by Gasteiger charge is 2.29. The second kappa shape index (κ2) is 8.32. The van der Waals surface area contributed by atoms with E-state index in [1.807, 2.05) is 25.4 Å². The van der Waals surface area contributed by atoms with Crippen molar-refractivity contribution in [3.05, 3.63) is 53.6 Å². The van der Waals surface area contributed by atoms with E-state index in [1.54, 1.807) is 12.4 Å². The fourth-order valence-corrected chi connectivity index (χ4v) is 3.60. The van der Waals surface area contributed by atoms with Crippen LogP contribution in [0.2, 0.25) is 0 Å². The molecular weight excluding hydrogens is 388 g/mol. The third-order valence-corrected chi connectivity index (χ3v) is 5.71. The van der Waals surface area contributed by atoms with E-state index in [1.165, 1.54) is 25.1 Å². The number of anilines is 2. The SMILES string of the molecule is CNc1ncc(C#Cc2ccc(CN3CCC3)cn2)c2cc(NC(=O)C3CC3)ncc12. The lowest BCUT2D eigenvalue weighted by Crippen LogP contribution is -2.36. The van der Waals surface area contributed by atoms with Crippen LogP contribution in [-0.2, 0) is 11.3 Å². The molecule has 0 aromatic carbocycles. The summed E-state index contributed by atoms with van der Waals surface area (Å²) in [5.41, 5.74) is 2.69. The molecule has 0 spiro atoms. The van der Waals surface area contributed by atoms with Gasteiger partial charge in [-0.25, -0.2) is 15.0 Å². The normalized spacial score (nSPS) is 15.6. The van der Waals surface area contributed by atoms with Gasteiger partial charge >= 0.3 is 0 Å². The maximum atomic E-state index is 12.1. The van der Waals surface area contributed by atoms with Gasteiger partial charge in [0.1, 0.15) is 17.3 Å². The van der Waals surface area contributed by atoms with Gasteiger partial charge in [-0.15, -0.1) is 0 Å². The number of aromatic nitrogens is 3. The Kier molecular flexibility index (Phi) is 5.23. The van der Waals surface area contributed by atoms with Crippen LogP contribution >= 0.6 is 0 Å². The van der Waals surface area contributed by atoms with E-state index < -0.39 is 0 Å². The summed E-state index contributed by atoms with van der Waals surface area (Å²) in [5, 5.41) is 7.75. The molecule has 5 rings (SSSR count). The second-order valence-electron chi connectivity index (χ2n) is 8.08. The first kappa shape index (κ1) is 19.5. The van der Waals surface area contributed by atoms with Crippen molar-refractivity contribution in [1.82, 2.24) is 19.9 Å². The zero-order valence-corrected chi connectivity index (χ0v) is 17.5. The van der Waals surface area contributed by atoms with Crippen molar-refractivity contribution in [3.8, 4) is 11.8 Å². The Morgan fingerprint density at radius 3 is 2.65 bits per heavy atom. The van der Waals surface area contributed by atoms with Crippen LogP contribution in [0.3, 0.4) is 0 Å². The lowest BCUT2D eigenvalue weighted by atomic mass is 10.1. The number of nitrogens with one attached hydrogen (secondary N) is 2. The van der Waals surface area contributed by atoms with Crippen LogP contribution in [0.5, 0.6) is 0 Å². The van der Waals surface area contributed by atoms with Gasteiger partial charge in [0.2, 0.25) is 5.91 Å². The van der Waals surface area contributed by atoms with Crippen LogP contribution < -0.4 is 10.6 Å². The van der Waals surface area contributed by atoms with Crippen molar-refractivity contribution in [1.29, 1.82) is 0 Å². The van der Waals surface area contributed by atoms with Crippen LogP contribution in [0.1, 0.15) is 36.1 Å². The number of rotatable bonds is 5. The molecule has 2 fully saturated rings. The molecule has 3 aromatic heterocycles. The van der Waals surface area contributed by atoms with Gasteiger partial charge in [-0.1, -0.05) is 12.0 Å². The van der Waals surface area contributed by atoms with E-state index in [9.17, 15) is 4.79 Å². The molecule has 0 unspecified atom stereocenters. The second-order valence-corrected chi connectivity index (χ2v) is 8.08. The van der Waals surface area contributed by atoms with Crippen molar-refractivity contribution in [3.63, 3.8) is 0 Å². The van der Waals surface area contributed by atoms with Gasteiger partial charge in [0.25, 0.3) is 0 Å². The van der Waals surface area contributed by atoms with Crippen molar-refractivity contribution >= 4 is 28.3 Å². The summed E-state index contributed by atoms with van der Waals surface area (Å²) in [5.74, 6) is 7.76. The first-order valence-electron chi connectivity index (χ1n) is 10.7. The zero-order valence-electron chi connectivity index (χ0n) is 17.5. The number of carbonyl (C=O) groups excluding carboxylic acids is 1. The molecule has 156 valence electrons. The lowest BCUT2D eigenvalue weighted by Gasteiger charge is -2.30. The highest BCUT2D eigenvalue weighted by atomic mass is 16.2. The van der Waals surface area contributed by atoms with Crippen molar-refractivity contribution < 1.29 is 4.79 Å². The Labute approximate surface area is 181 Å². The predicted octanol–water partition coefficient (Wildman–Crippen LogP) is 3.02. The first-order chi connectivity index (χ1) is 15.2. The maximum Gasteiger partial charge on any atom is 0.228 e. The average molecular weight is 412 g/mol. The molecule has 7 heteroatoms. The molecule has 1 aliphatic heterocycles. The van der Waals surface area contributed by atoms with Gasteiger partial charge in [-0.2, -0.15) is 0 Å². The summed E-state index contributed by atoms with van der Waals surface area (Å²) in [6, 6.07) is 5.92. The van der Waals surface area contributed by atoms with Gasteiger partial charge in [0.15, 0.2) is 0 Å². The van der Waals surface area contributed by atoms with Crippen LogP contribution in [-0.4, -0.2) is 45.9 Å². The summed E-state index contributed by atoms with van der Waals surface area (Å²) in [6.45, 7) is 3.29.